The first-order chi connectivity index (χ1) is 9.47. The maximum atomic E-state index is 13.0. The van der Waals surface area contributed by atoms with E-state index < -0.39 is 0 Å². The lowest BCUT2D eigenvalue weighted by atomic mass is 10.2. The van der Waals surface area contributed by atoms with Crippen LogP contribution in [-0.2, 0) is 7.05 Å². The standard InChI is InChI=1S/C9H7BrFN.C6H4BrF/c1-12-3-2-6-4-7(10)8(11)5-9(6)12;7-5-1-3-6(8)4-2-5/h2-5H,1H3;1-4H. The summed E-state index contributed by atoms with van der Waals surface area (Å²) in [5.41, 5.74) is 0.913. The Morgan fingerprint density at radius 3 is 2.20 bits per heavy atom. The highest BCUT2D eigenvalue weighted by Crippen LogP contribution is 2.23. The molecule has 3 aromatic rings. The van der Waals surface area contributed by atoms with Gasteiger partial charge in [0.15, 0.2) is 0 Å². The molecule has 0 N–H and O–H groups in total. The van der Waals surface area contributed by atoms with Gasteiger partial charge < -0.3 is 4.57 Å². The van der Waals surface area contributed by atoms with Crippen LogP contribution in [0.25, 0.3) is 10.9 Å². The number of hydrogen-bond donors (Lipinski definition) is 0. The number of halogens is 4. The van der Waals surface area contributed by atoms with Crippen LogP contribution in [0.3, 0.4) is 0 Å². The lowest BCUT2D eigenvalue weighted by Crippen LogP contribution is -1.85. The van der Waals surface area contributed by atoms with Gasteiger partial charge in [-0.05, 0) is 58.4 Å². The van der Waals surface area contributed by atoms with Crippen LogP contribution < -0.4 is 0 Å². The van der Waals surface area contributed by atoms with Crippen LogP contribution in [0.4, 0.5) is 8.78 Å². The van der Waals surface area contributed by atoms with Gasteiger partial charge in [-0.15, -0.1) is 0 Å². The molecule has 0 bridgehead atoms. The summed E-state index contributed by atoms with van der Waals surface area (Å²) in [5.74, 6) is -0.419. The number of aromatic nitrogens is 1. The Morgan fingerprint density at radius 1 is 0.950 bits per heavy atom. The summed E-state index contributed by atoms with van der Waals surface area (Å²) in [6.45, 7) is 0. The zero-order chi connectivity index (χ0) is 14.7. The summed E-state index contributed by atoms with van der Waals surface area (Å²) >= 11 is 6.32. The van der Waals surface area contributed by atoms with E-state index in [1.807, 2.05) is 23.9 Å². The van der Waals surface area contributed by atoms with Gasteiger partial charge in [-0.3, -0.25) is 0 Å². The minimum absolute atomic E-state index is 0.201. The first-order valence-electron chi connectivity index (χ1n) is 5.78. The predicted octanol–water partition coefficient (Wildman–Crippen LogP) is 5.67. The van der Waals surface area contributed by atoms with Crippen molar-refractivity contribution in [1.82, 2.24) is 4.57 Å². The number of nitrogens with zero attached hydrogens (tertiary/aromatic N) is 1. The Hall–Kier alpha value is -1.20. The van der Waals surface area contributed by atoms with Crippen LogP contribution in [0.15, 0.2) is 57.6 Å². The van der Waals surface area contributed by atoms with Gasteiger partial charge in [-0.1, -0.05) is 15.9 Å². The Labute approximate surface area is 132 Å². The normalized spacial score (nSPS) is 10.2. The van der Waals surface area contributed by atoms with Gasteiger partial charge in [0.25, 0.3) is 0 Å². The molecule has 0 fully saturated rings. The van der Waals surface area contributed by atoms with Gasteiger partial charge in [-0.25, -0.2) is 8.78 Å². The van der Waals surface area contributed by atoms with Crippen molar-refractivity contribution < 1.29 is 8.78 Å². The zero-order valence-corrected chi connectivity index (χ0v) is 13.7. The third-order valence-corrected chi connectivity index (χ3v) is 3.87. The van der Waals surface area contributed by atoms with Crippen molar-refractivity contribution in [1.29, 1.82) is 0 Å². The molecule has 1 nitrogen and oxygen atoms in total. The highest BCUT2D eigenvalue weighted by molar-refractivity contribution is 9.10. The molecular weight excluding hydrogens is 392 g/mol. The highest BCUT2D eigenvalue weighted by Gasteiger charge is 2.03. The molecular formula is C15H11Br2F2N. The van der Waals surface area contributed by atoms with Gasteiger partial charge >= 0.3 is 0 Å². The first kappa shape index (κ1) is 15.2. The molecule has 0 aliphatic carbocycles. The second-order valence-electron chi connectivity index (χ2n) is 4.19. The summed E-state index contributed by atoms with van der Waals surface area (Å²) in [5, 5.41) is 1.05. The van der Waals surface area contributed by atoms with E-state index >= 15 is 0 Å². The average Bonchev–Trinajstić information content (AvgIpc) is 2.76. The third-order valence-electron chi connectivity index (χ3n) is 2.73. The van der Waals surface area contributed by atoms with Crippen molar-refractivity contribution in [2.75, 3.05) is 0 Å². The lowest BCUT2D eigenvalue weighted by Gasteiger charge is -1.97. The minimum atomic E-state index is -0.218. The number of hydrogen-bond acceptors (Lipinski definition) is 0. The molecule has 0 spiro atoms. The van der Waals surface area contributed by atoms with E-state index in [1.165, 1.54) is 18.2 Å². The van der Waals surface area contributed by atoms with E-state index in [0.29, 0.717) is 4.47 Å². The number of benzene rings is 2. The van der Waals surface area contributed by atoms with Crippen molar-refractivity contribution in [3.63, 3.8) is 0 Å². The van der Waals surface area contributed by atoms with Gasteiger partial charge in [0.2, 0.25) is 0 Å². The van der Waals surface area contributed by atoms with E-state index in [1.54, 1.807) is 18.2 Å². The molecule has 0 amide bonds. The second kappa shape index (κ2) is 6.50. The molecule has 0 radical (unpaired) electrons. The fourth-order valence-corrected chi connectivity index (χ4v) is 2.32. The SMILES string of the molecule is Cn1ccc2cc(Br)c(F)cc21.Fc1ccc(Br)cc1. The fraction of sp³-hybridized carbons (Fsp3) is 0.0667. The molecule has 2 aromatic carbocycles. The molecule has 0 aliphatic rings. The Balaban J connectivity index is 0.000000160. The highest BCUT2D eigenvalue weighted by atomic mass is 79.9. The average molecular weight is 403 g/mol. The van der Waals surface area contributed by atoms with E-state index in [-0.39, 0.29) is 11.6 Å². The predicted molar refractivity (Wildman–Crippen MR) is 84.7 cm³/mol. The van der Waals surface area contributed by atoms with Crippen LogP contribution in [0.2, 0.25) is 0 Å². The van der Waals surface area contributed by atoms with Crippen LogP contribution in [-0.4, -0.2) is 4.57 Å². The van der Waals surface area contributed by atoms with Gasteiger partial charge in [0, 0.05) is 23.1 Å². The van der Waals surface area contributed by atoms with E-state index in [9.17, 15) is 8.78 Å². The summed E-state index contributed by atoms with van der Waals surface area (Å²) in [4.78, 5) is 0. The van der Waals surface area contributed by atoms with E-state index in [2.05, 4.69) is 31.9 Å². The fourth-order valence-electron chi connectivity index (χ4n) is 1.69. The monoisotopic (exact) mass is 401 g/mol. The van der Waals surface area contributed by atoms with Crippen molar-refractivity contribution in [3.8, 4) is 0 Å². The maximum absolute atomic E-state index is 13.0. The quantitative estimate of drug-likeness (QED) is 0.456. The molecule has 0 saturated carbocycles. The molecule has 0 atom stereocenters. The number of rotatable bonds is 0. The minimum Gasteiger partial charge on any atom is -0.350 e. The third kappa shape index (κ3) is 3.67. The smallest absolute Gasteiger partial charge is 0.139 e. The molecule has 1 aromatic heterocycles. The molecule has 0 unspecified atom stereocenters. The topological polar surface area (TPSA) is 4.93 Å². The van der Waals surface area contributed by atoms with Crippen LogP contribution in [0, 0.1) is 11.6 Å². The van der Waals surface area contributed by atoms with Crippen LogP contribution >= 0.6 is 31.9 Å². The largest absolute Gasteiger partial charge is 0.350 e. The molecule has 0 saturated heterocycles. The molecule has 3 rings (SSSR count). The molecule has 5 heteroatoms. The summed E-state index contributed by atoms with van der Waals surface area (Å²) in [6.07, 6.45) is 1.91. The molecule has 20 heavy (non-hydrogen) atoms. The zero-order valence-electron chi connectivity index (χ0n) is 10.6. The van der Waals surface area contributed by atoms with Gasteiger partial charge in [0.1, 0.15) is 11.6 Å². The van der Waals surface area contributed by atoms with Crippen molar-refractivity contribution in [2.45, 2.75) is 0 Å². The Morgan fingerprint density at radius 2 is 1.60 bits per heavy atom. The second-order valence-corrected chi connectivity index (χ2v) is 5.96. The summed E-state index contributed by atoms with van der Waals surface area (Å²) in [6, 6.07) is 11.4. The van der Waals surface area contributed by atoms with E-state index in [4.69, 9.17) is 0 Å². The van der Waals surface area contributed by atoms with E-state index in [0.717, 1.165) is 15.4 Å². The van der Waals surface area contributed by atoms with Gasteiger partial charge in [-0.2, -0.15) is 0 Å². The number of aryl methyl sites for hydroxylation is 1. The molecule has 104 valence electrons. The first-order valence-corrected chi connectivity index (χ1v) is 7.37. The van der Waals surface area contributed by atoms with Crippen LogP contribution in [0.1, 0.15) is 0 Å². The van der Waals surface area contributed by atoms with Crippen molar-refractivity contribution in [3.05, 3.63) is 69.2 Å². The van der Waals surface area contributed by atoms with Gasteiger partial charge in [0.05, 0.1) is 9.99 Å². The van der Waals surface area contributed by atoms with Crippen LogP contribution in [0.5, 0.6) is 0 Å². The molecule has 1 heterocycles. The number of fused-ring (bicyclic) bond motifs is 1. The summed E-state index contributed by atoms with van der Waals surface area (Å²) in [7, 11) is 1.90. The Kier molecular flexibility index (Phi) is 4.94. The maximum Gasteiger partial charge on any atom is 0.139 e. The summed E-state index contributed by atoms with van der Waals surface area (Å²) < 4.78 is 28.4. The lowest BCUT2D eigenvalue weighted by molar-refractivity contribution is 0.622. The Bertz CT molecular complexity index is 700. The van der Waals surface area contributed by atoms with Crippen molar-refractivity contribution in [2.24, 2.45) is 7.05 Å². The molecule has 0 aliphatic heterocycles. The van der Waals surface area contributed by atoms with Crippen molar-refractivity contribution >= 4 is 42.8 Å².